The van der Waals surface area contributed by atoms with Crippen molar-refractivity contribution in [1.29, 1.82) is 0 Å². The average molecular weight is 275 g/mol. The Morgan fingerprint density at radius 3 is 2.35 bits per heavy atom. The first-order valence-electron chi connectivity index (χ1n) is 7.90. The summed E-state index contributed by atoms with van der Waals surface area (Å²) < 4.78 is 0. The van der Waals surface area contributed by atoms with Crippen molar-refractivity contribution >= 4 is 0 Å². The average Bonchev–Trinajstić information content (AvgIpc) is 2.81. The minimum absolute atomic E-state index is 0.0991. The second kappa shape index (κ2) is 6.28. The molecule has 0 radical (unpaired) electrons. The van der Waals surface area contributed by atoms with Crippen LogP contribution in [0.2, 0.25) is 0 Å². The topological polar surface area (TPSA) is 32.3 Å². The number of benzene rings is 1. The Labute approximate surface area is 123 Å². The zero-order chi connectivity index (χ0) is 14.8. The molecule has 2 rings (SSSR count). The molecule has 0 spiro atoms. The molecule has 2 heteroatoms. The van der Waals surface area contributed by atoms with Gasteiger partial charge in [0.2, 0.25) is 0 Å². The van der Waals surface area contributed by atoms with E-state index in [2.05, 4.69) is 57.3 Å². The molecule has 1 aliphatic rings. The SMILES string of the molecule is CC(NCC1CCCC1O)c1ccc(C(C)(C)C)cc1. The maximum absolute atomic E-state index is 9.86. The first-order valence-corrected chi connectivity index (χ1v) is 7.90. The van der Waals surface area contributed by atoms with Crippen molar-refractivity contribution in [2.24, 2.45) is 5.92 Å². The normalized spacial score (nSPS) is 24.9. The Morgan fingerprint density at radius 2 is 1.85 bits per heavy atom. The highest BCUT2D eigenvalue weighted by Crippen LogP contribution is 2.26. The molecule has 1 aliphatic carbocycles. The Hall–Kier alpha value is -0.860. The molecular formula is C18H29NO. The van der Waals surface area contributed by atoms with Gasteiger partial charge in [0.15, 0.2) is 0 Å². The molecular weight excluding hydrogens is 246 g/mol. The van der Waals surface area contributed by atoms with E-state index < -0.39 is 0 Å². The third-order valence-corrected chi connectivity index (χ3v) is 4.58. The van der Waals surface area contributed by atoms with Crippen LogP contribution in [0.15, 0.2) is 24.3 Å². The third-order valence-electron chi connectivity index (χ3n) is 4.58. The lowest BCUT2D eigenvalue weighted by Gasteiger charge is -2.22. The van der Waals surface area contributed by atoms with E-state index in [0.29, 0.717) is 12.0 Å². The summed E-state index contributed by atoms with van der Waals surface area (Å²) in [4.78, 5) is 0. The third kappa shape index (κ3) is 3.83. The van der Waals surface area contributed by atoms with Crippen molar-refractivity contribution in [2.45, 2.75) is 64.5 Å². The fourth-order valence-electron chi connectivity index (χ4n) is 2.97. The molecule has 0 heterocycles. The summed E-state index contributed by atoms with van der Waals surface area (Å²) in [5, 5.41) is 13.4. The van der Waals surface area contributed by atoms with Crippen LogP contribution in [0, 0.1) is 5.92 Å². The van der Waals surface area contributed by atoms with Crippen molar-refractivity contribution in [3.05, 3.63) is 35.4 Å². The fourth-order valence-corrected chi connectivity index (χ4v) is 2.97. The van der Waals surface area contributed by atoms with Crippen LogP contribution >= 0.6 is 0 Å². The van der Waals surface area contributed by atoms with Gasteiger partial charge >= 0.3 is 0 Å². The highest BCUT2D eigenvalue weighted by Gasteiger charge is 2.25. The van der Waals surface area contributed by atoms with E-state index in [1.54, 1.807) is 0 Å². The van der Waals surface area contributed by atoms with Crippen LogP contribution in [0.4, 0.5) is 0 Å². The smallest absolute Gasteiger partial charge is 0.0580 e. The molecule has 1 aromatic rings. The van der Waals surface area contributed by atoms with Crippen LogP contribution in [0.25, 0.3) is 0 Å². The van der Waals surface area contributed by atoms with Crippen LogP contribution in [0.5, 0.6) is 0 Å². The van der Waals surface area contributed by atoms with Crippen molar-refractivity contribution < 1.29 is 5.11 Å². The van der Waals surface area contributed by atoms with Gasteiger partial charge in [0.05, 0.1) is 6.10 Å². The fraction of sp³-hybridized carbons (Fsp3) is 0.667. The predicted molar refractivity (Wildman–Crippen MR) is 84.9 cm³/mol. The molecule has 0 amide bonds. The van der Waals surface area contributed by atoms with Crippen molar-refractivity contribution in [3.63, 3.8) is 0 Å². The largest absolute Gasteiger partial charge is 0.393 e. The Balaban J connectivity index is 1.90. The maximum Gasteiger partial charge on any atom is 0.0580 e. The second-order valence-corrected chi connectivity index (χ2v) is 7.26. The summed E-state index contributed by atoms with van der Waals surface area (Å²) in [6.07, 6.45) is 3.20. The summed E-state index contributed by atoms with van der Waals surface area (Å²) >= 11 is 0. The lowest BCUT2D eigenvalue weighted by Crippen LogP contribution is -2.29. The van der Waals surface area contributed by atoms with Crippen LogP contribution in [-0.4, -0.2) is 17.8 Å². The number of aliphatic hydroxyl groups is 1. The number of hydrogen-bond donors (Lipinski definition) is 2. The van der Waals surface area contributed by atoms with Crippen LogP contribution < -0.4 is 5.32 Å². The van der Waals surface area contributed by atoms with E-state index in [9.17, 15) is 5.11 Å². The summed E-state index contributed by atoms with van der Waals surface area (Å²) in [6, 6.07) is 9.26. The monoisotopic (exact) mass is 275 g/mol. The molecule has 0 aliphatic heterocycles. The van der Waals surface area contributed by atoms with Gasteiger partial charge in [-0.3, -0.25) is 0 Å². The van der Waals surface area contributed by atoms with Gasteiger partial charge in [-0.25, -0.2) is 0 Å². The molecule has 20 heavy (non-hydrogen) atoms. The number of nitrogens with one attached hydrogen (secondary N) is 1. The minimum atomic E-state index is -0.0991. The molecule has 112 valence electrons. The van der Waals surface area contributed by atoms with Gasteiger partial charge in [-0.2, -0.15) is 0 Å². The zero-order valence-corrected chi connectivity index (χ0v) is 13.3. The first-order chi connectivity index (χ1) is 9.38. The van der Waals surface area contributed by atoms with Crippen molar-refractivity contribution in [1.82, 2.24) is 5.32 Å². The minimum Gasteiger partial charge on any atom is -0.393 e. The summed E-state index contributed by atoms with van der Waals surface area (Å²) in [5.41, 5.74) is 2.91. The lowest BCUT2D eigenvalue weighted by atomic mass is 9.86. The van der Waals surface area contributed by atoms with Crippen molar-refractivity contribution in [3.8, 4) is 0 Å². The molecule has 0 aromatic heterocycles. The van der Waals surface area contributed by atoms with Crippen molar-refractivity contribution in [2.75, 3.05) is 6.54 Å². The van der Waals surface area contributed by atoms with Gasteiger partial charge in [0.1, 0.15) is 0 Å². The zero-order valence-electron chi connectivity index (χ0n) is 13.3. The van der Waals surface area contributed by atoms with E-state index in [1.807, 2.05) is 0 Å². The standard InChI is InChI=1S/C18H29NO/c1-13(19-12-15-6-5-7-17(15)20)14-8-10-16(11-9-14)18(2,3)4/h8-11,13,15,17,19-20H,5-7,12H2,1-4H3. The number of rotatable bonds is 4. The predicted octanol–water partition coefficient (Wildman–Crippen LogP) is 3.80. The van der Waals surface area contributed by atoms with Gasteiger partial charge in [-0.1, -0.05) is 51.5 Å². The van der Waals surface area contributed by atoms with Gasteiger partial charge in [-0.15, -0.1) is 0 Å². The maximum atomic E-state index is 9.86. The van der Waals surface area contributed by atoms with Gasteiger partial charge in [0, 0.05) is 12.6 Å². The number of hydrogen-bond acceptors (Lipinski definition) is 2. The summed E-state index contributed by atoms with van der Waals surface area (Å²) in [5.74, 6) is 0.436. The lowest BCUT2D eigenvalue weighted by molar-refractivity contribution is 0.130. The molecule has 1 saturated carbocycles. The first kappa shape index (κ1) is 15.5. The molecule has 3 atom stereocenters. The Kier molecular flexibility index (Phi) is 4.87. The molecule has 3 unspecified atom stereocenters. The van der Waals surface area contributed by atoms with Gasteiger partial charge in [0.25, 0.3) is 0 Å². The van der Waals surface area contributed by atoms with E-state index in [-0.39, 0.29) is 11.5 Å². The van der Waals surface area contributed by atoms with Crippen LogP contribution in [0.1, 0.15) is 64.1 Å². The molecule has 0 saturated heterocycles. The molecule has 0 bridgehead atoms. The Morgan fingerprint density at radius 1 is 1.20 bits per heavy atom. The quantitative estimate of drug-likeness (QED) is 0.876. The summed E-state index contributed by atoms with van der Waals surface area (Å²) in [7, 11) is 0. The molecule has 2 N–H and O–H groups in total. The van der Waals surface area contributed by atoms with Crippen LogP contribution in [-0.2, 0) is 5.41 Å². The van der Waals surface area contributed by atoms with E-state index in [1.165, 1.54) is 17.5 Å². The van der Waals surface area contributed by atoms with E-state index >= 15 is 0 Å². The van der Waals surface area contributed by atoms with E-state index in [4.69, 9.17) is 0 Å². The summed E-state index contributed by atoms with van der Waals surface area (Å²) in [6.45, 7) is 9.85. The van der Waals surface area contributed by atoms with Gasteiger partial charge in [-0.05, 0) is 42.2 Å². The second-order valence-electron chi connectivity index (χ2n) is 7.26. The molecule has 2 nitrogen and oxygen atoms in total. The van der Waals surface area contributed by atoms with E-state index in [0.717, 1.165) is 19.4 Å². The number of aliphatic hydroxyl groups excluding tert-OH is 1. The highest BCUT2D eigenvalue weighted by atomic mass is 16.3. The highest BCUT2D eigenvalue weighted by molar-refractivity contribution is 5.29. The molecule has 1 fully saturated rings. The molecule has 1 aromatic carbocycles. The van der Waals surface area contributed by atoms with Crippen LogP contribution in [0.3, 0.4) is 0 Å². The van der Waals surface area contributed by atoms with Gasteiger partial charge < -0.3 is 10.4 Å². The Bertz CT molecular complexity index is 418.